The molecule has 0 aromatic carbocycles. The highest BCUT2D eigenvalue weighted by Crippen LogP contribution is 2.12. The molecule has 1 aliphatic heterocycles. The fourth-order valence-electron chi connectivity index (χ4n) is 1.29. The lowest BCUT2D eigenvalue weighted by Gasteiger charge is -2.17. The third kappa shape index (κ3) is 1.94. The average molecular weight is 144 g/mol. The highest BCUT2D eigenvalue weighted by molar-refractivity contribution is 4.73. The average Bonchev–Trinajstić information content (AvgIpc) is 2.31. The fraction of sp³-hybridized carbons (Fsp3) is 1.00. The largest absolute Gasteiger partial charge is 0.380 e. The standard InChI is InChI=1S/C7H16N2O/c1-2-10-6-7-4-3-5-9(7)8/h7H,2-6,8H2,1H3. The Labute approximate surface area is 62.1 Å². The van der Waals surface area contributed by atoms with Crippen LogP contribution in [0, 0.1) is 0 Å². The second-order valence-corrected chi connectivity index (χ2v) is 2.69. The first-order valence-corrected chi connectivity index (χ1v) is 3.93. The SMILES string of the molecule is CCOCC1CCCN1N. The molecule has 2 N–H and O–H groups in total. The summed E-state index contributed by atoms with van der Waals surface area (Å²) in [5.74, 6) is 5.67. The lowest BCUT2D eigenvalue weighted by Crippen LogP contribution is -2.38. The van der Waals surface area contributed by atoms with Crippen molar-refractivity contribution >= 4 is 0 Å². The molecule has 1 rings (SSSR count). The van der Waals surface area contributed by atoms with E-state index in [2.05, 4.69) is 0 Å². The van der Waals surface area contributed by atoms with Crippen molar-refractivity contribution in [3.8, 4) is 0 Å². The Bertz CT molecular complexity index is 97.6. The maximum absolute atomic E-state index is 5.67. The van der Waals surface area contributed by atoms with Crippen LogP contribution in [0.5, 0.6) is 0 Å². The molecule has 0 bridgehead atoms. The molecule has 0 amide bonds. The molecule has 1 atom stereocenters. The third-order valence-electron chi connectivity index (χ3n) is 1.94. The molecular formula is C7H16N2O. The van der Waals surface area contributed by atoms with E-state index in [-0.39, 0.29) is 0 Å². The summed E-state index contributed by atoms with van der Waals surface area (Å²) in [6, 6.07) is 0.472. The molecule has 10 heavy (non-hydrogen) atoms. The number of hydrogen-bond donors (Lipinski definition) is 1. The van der Waals surface area contributed by atoms with Gasteiger partial charge in [-0.05, 0) is 19.8 Å². The smallest absolute Gasteiger partial charge is 0.0635 e. The van der Waals surface area contributed by atoms with E-state index in [0.29, 0.717) is 6.04 Å². The molecule has 1 aliphatic rings. The summed E-state index contributed by atoms with van der Waals surface area (Å²) >= 11 is 0. The van der Waals surface area contributed by atoms with Crippen LogP contribution in [-0.2, 0) is 4.74 Å². The summed E-state index contributed by atoms with van der Waals surface area (Å²) in [5.41, 5.74) is 0. The number of nitrogens with two attached hydrogens (primary N) is 1. The zero-order valence-corrected chi connectivity index (χ0v) is 6.55. The second-order valence-electron chi connectivity index (χ2n) is 2.69. The van der Waals surface area contributed by atoms with Gasteiger partial charge in [-0.2, -0.15) is 0 Å². The monoisotopic (exact) mass is 144 g/mol. The van der Waals surface area contributed by atoms with E-state index in [4.69, 9.17) is 10.6 Å². The summed E-state index contributed by atoms with van der Waals surface area (Å²) < 4.78 is 5.27. The number of rotatable bonds is 3. The Morgan fingerprint density at radius 1 is 1.70 bits per heavy atom. The first-order valence-electron chi connectivity index (χ1n) is 3.93. The predicted molar refractivity (Wildman–Crippen MR) is 40.4 cm³/mol. The van der Waals surface area contributed by atoms with Gasteiger partial charge in [0.15, 0.2) is 0 Å². The topological polar surface area (TPSA) is 38.5 Å². The predicted octanol–water partition coefficient (Wildman–Crippen LogP) is 0.361. The van der Waals surface area contributed by atoms with Gasteiger partial charge in [-0.3, -0.25) is 5.84 Å². The normalized spacial score (nSPS) is 27.6. The van der Waals surface area contributed by atoms with Crippen LogP contribution in [0.15, 0.2) is 0 Å². The molecule has 0 saturated carbocycles. The Morgan fingerprint density at radius 2 is 2.50 bits per heavy atom. The van der Waals surface area contributed by atoms with E-state index < -0.39 is 0 Å². The van der Waals surface area contributed by atoms with Gasteiger partial charge >= 0.3 is 0 Å². The molecule has 0 aromatic rings. The van der Waals surface area contributed by atoms with E-state index in [0.717, 1.165) is 19.8 Å². The van der Waals surface area contributed by atoms with Gasteiger partial charge in [0.25, 0.3) is 0 Å². The minimum Gasteiger partial charge on any atom is -0.380 e. The Kier molecular flexibility index (Phi) is 3.12. The van der Waals surface area contributed by atoms with Crippen molar-refractivity contribution in [2.45, 2.75) is 25.8 Å². The fourth-order valence-corrected chi connectivity index (χ4v) is 1.29. The lowest BCUT2D eigenvalue weighted by atomic mass is 10.2. The minimum atomic E-state index is 0.472. The van der Waals surface area contributed by atoms with E-state index in [1.165, 1.54) is 12.8 Å². The molecular weight excluding hydrogens is 128 g/mol. The van der Waals surface area contributed by atoms with Crippen molar-refractivity contribution in [2.75, 3.05) is 19.8 Å². The van der Waals surface area contributed by atoms with Crippen molar-refractivity contribution < 1.29 is 4.74 Å². The molecule has 1 saturated heterocycles. The molecule has 0 aromatic heterocycles. The molecule has 1 fully saturated rings. The summed E-state index contributed by atoms with van der Waals surface area (Å²) in [7, 11) is 0. The molecule has 3 heteroatoms. The number of hydrogen-bond acceptors (Lipinski definition) is 3. The highest BCUT2D eigenvalue weighted by Gasteiger charge is 2.20. The quantitative estimate of drug-likeness (QED) is 0.581. The summed E-state index contributed by atoms with van der Waals surface area (Å²) in [6.45, 7) is 4.63. The van der Waals surface area contributed by atoms with Crippen molar-refractivity contribution in [1.29, 1.82) is 0 Å². The Morgan fingerprint density at radius 3 is 3.00 bits per heavy atom. The van der Waals surface area contributed by atoms with Crippen LogP contribution >= 0.6 is 0 Å². The van der Waals surface area contributed by atoms with Gasteiger partial charge in [0.2, 0.25) is 0 Å². The Hall–Kier alpha value is -0.120. The molecule has 3 nitrogen and oxygen atoms in total. The van der Waals surface area contributed by atoms with Crippen LogP contribution in [0.3, 0.4) is 0 Å². The third-order valence-corrected chi connectivity index (χ3v) is 1.94. The molecule has 0 aliphatic carbocycles. The molecule has 1 unspecified atom stereocenters. The van der Waals surface area contributed by atoms with Crippen LogP contribution in [-0.4, -0.2) is 30.8 Å². The van der Waals surface area contributed by atoms with Crippen molar-refractivity contribution in [2.24, 2.45) is 5.84 Å². The van der Waals surface area contributed by atoms with E-state index in [9.17, 15) is 0 Å². The van der Waals surface area contributed by atoms with Gasteiger partial charge in [-0.1, -0.05) is 0 Å². The summed E-state index contributed by atoms with van der Waals surface area (Å²) in [5, 5.41) is 1.88. The van der Waals surface area contributed by atoms with E-state index in [1.807, 2.05) is 11.9 Å². The zero-order valence-electron chi connectivity index (χ0n) is 6.55. The maximum atomic E-state index is 5.67. The van der Waals surface area contributed by atoms with Gasteiger partial charge in [0, 0.05) is 19.2 Å². The van der Waals surface area contributed by atoms with Crippen molar-refractivity contribution in [3.05, 3.63) is 0 Å². The van der Waals surface area contributed by atoms with Gasteiger partial charge in [0.1, 0.15) is 0 Å². The van der Waals surface area contributed by atoms with Crippen LogP contribution in [0.25, 0.3) is 0 Å². The van der Waals surface area contributed by atoms with Crippen LogP contribution in [0.4, 0.5) is 0 Å². The van der Waals surface area contributed by atoms with Gasteiger partial charge < -0.3 is 4.74 Å². The first kappa shape index (κ1) is 7.98. The molecule has 1 heterocycles. The van der Waals surface area contributed by atoms with E-state index >= 15 is 0 Å². The summed E-state index contributed by atoms with van der Waals surface area (Å²) in [6.07, 6.45) is 2.41. The van der Waals surface area contributed by atoms with Gasteiger partial charge in [0.05, 0.1) is 6.61 Å². The van der Waals surface area contributed by atoms with Gasteiger partial charge in [-0.15, -0.1) is 0 Å². The van der Waals surface area contributed by atoms with E-state index in [1.54, 1.807) is 0 Å². The van der Waals surface area contributed by atoms with Gasteiger partial charge in [-0.25, -0.2) is 5.01 Å². The first-order chi connectivity index (χ1) is 4.84. The van der Waals surface area contributed by atoms with Crippen LogP contribution in [0.1, 0.15) is 19.8 Å². The molecule has 60 valence electrons. The Balaban J connectivity index is 2.14. The number of ether oxygens (including phenoxy) is 1. The summed E-state index contributed by atoms with van der Waals surface area (Å²) in [4.78, 5) is 0. The van der Waals surface area contributed by atoms with Crippen LogP contribution in [0.2, 0.25) is 0 Å². The lowest BCUT2D eigenvalue weighted by molar-refractivity contribution is 0.0855. The van der Waals surface area contributed by atoms with Crippen molar-refractivity contribution in [1.82, 2.24) is 5.01 Å². The zero-order chi connectivity index (χ0) is 7.40. The number of hydrazine groups is 1. The second kappa shape index (κ2) is 3.91. The minimum absolute atomic E-state index is 0.472. The maximum Gasteiger partial charge on any atom is 0.0635 e. The highest BCUT2D eigenvalue weighted by atomic mass is 16.5. The van der Waals surface area contributed by atoms with Crippen molar-refractivity contribution in [3.63, 3.8) is 0 Å². The molecule has 0 radical (unpaired) electrons. The van der Waals surface area contributed by atoms with Crippen LogP contribution < -0.4 is 5.84 Å². The number of nitrogens with zero attached hydrogens (tertiary/aromatic N) is 1. The molecule has 0 spiro atoms.